The lowest BCUT2D eigenvalue weighted by atomic mass is 10.0. The van der Waals surface area contributed by atoms with Crippen LogP contribution in [0.2, 0.25) is 0 Å². The quantitative estimate of drug-likeness (QED) is 0.233. The van der Waals surface area contributed by atoms with Crippen molar-refractivity contribution in [3.8, 4) is 5.75 Å². The van der Waals surface area contributed by atoms with Crippen LogP contribution in [0, 0.1) is 5.92 Å². The third-order valence-corrected chi connectivity index (χ3v) is 5.72. The van der Waals surface area contributed by atoms with E-state index in [-0.39, 0.29) is 30.9 Å². The number of nitrogens with two attached hydrogens (primary N) is 1. The van der Waals surface area contributed by atoms with Crippen LogP contribution in [0.15, 0.2) is 54.6 Å². The van der Waals surface area contributed by atoms with Crippen LogP contribution in [-0.2, 0) is 32.0 Å². The van der Waals surface area contributed by atoms with Crippen LogP contribution in [0.5, 0.6) is 5.75 Å². The molecule has 0 saturated heterocycles. The van der Waals surface area contributed by atoms with Crippen molar-refractivity contribution in [3.63, 3.8) is 0 Å². The minimum absolute atomic E-state index is 0.0320. The SMILES string of the molecule is CC(C)CC(NC(=O)C(Cc1ccccc1)NC(=O)C(C)NC(=O)C(N)Cc1ccc(O)cc1)C(=O)O. The lowest BCUT2D eigenvalue weighted by Crippen LogP contribution is -2.57. The molecule has 0 fully saturated rings. The highest BCUT2D eigenvalue weighted by Gasteiger charge is 2.29. The largest absolute Gasteiger partial charge is 0.508 e. The summed E-state index contributed by atoms with van der Waals surface area (Å²) in [6.07, 6.45) is 0.567. The Bertz CT molecular complexity index is 1060. The Balaban J connectivity index is 2.06. The van der Waals surface area contributed by atoms with Crippen LogP contribution >= 0.6 is 0 Å². The number of amides is 3. The number of carbonyl (C=O) groups excluding carboxylic acids is 3. The van der Waals surface area contributed by atoms with E-state index in [4.69, 9.17) is 5.73 Å². The molecule has 0 saturated carbocycles. The molecule has 4 atom stereocenters. The second kappa shape index (κ2) is 14.0. The minimum atomic E-state index is -1.16. The number of aliphatic carboxylic acids is 1. The fourth-order valence-corrected chi connectivity index (χ4v) is 3.69. The van der Waals surface area contributed by atoms with E-state index >= 15 is 0 Å². The molecular formula is C27H36N4O6. The molecule has 2 rings (SSSR count). The maximum Gasteiger partial charge on any atom is 0.326 e. The molecule has 0 heterocycles. The van der Waals surface area contributed by atoms with E-state index in [1.807, 2.05) is 19.9 Å². The predicted molar refractivity (Wildman–Crippen MR) is 138 cm³/mol. The Kier molecular flexibility index (Phi) is 11.1. The lowest BCUT2D eigenvalue weighted by molar-refractivity contribution is -0.142. The number of hydrogen-bond acceptors (Lipinski definition) is 6. The summed E-state index contributed by atoms with van der Waals surface area (Å²) >= 11 is 0. The number of phenolic OH excluding ortho intramolecular Hbond substituents is 1. The summed E-state index contributed by atoms with van der Waals surface area (Å²) in [6, 6.07) is 11.2. The van der Waals surface area contributed by atoms with Gasteiger partial charge in [-0.3, -0.25) is 14.4 Å². The maximum absolute atomic E-state index is 13.0. The van der Waals surface area contributed by atoms with Gasteiger partial charge in [0.05, 0.1) is 6.04 Å². The number of carboxylic acid groups (broad SMARTS) is 1. The van der Waals surface area contributed by atoms with Gasteiger partial charge in [0.15, 0.2) is 0 Å². The number of carbonyl (C=O) groups is 4. The van der Waals surface area contributed by atoms with Gasteiger partial charge in [-0.1, -0.05) is 56.3 Å². The molecule has 0 bridgehead atoms. The van der Waals surface area contributed by atoms with Gasteiger partial charge >= 0.3 is 5.97 Å². The third-order valence-electron chi connectivity index (χ3n) is 5.72. The molecular weight excluding hydrogens is 476 g/mol. The Morgan fingerprint density at radius 3 is 1.89 bits per heavy atom. The van der Waals surface area contributed by atoms with E-state index in [9.17, 15) is 29.4 Å². The normalized spacial score (nSPS) is 14.2. The van der Waals surface area contributed by atoms with Crippen molar-refractivity contribution in [3.05, 3.63) is 65.7 Å². The zero-order valence-electron chi connectivity index (χ0n) is 21.3. The molecule has 2 aromatic carbocycles. The predicted octanol–water partition coefficient (Wildman–Crippen LogP) is 1.11. The lowest BCUT2D eigenvalue weighted by Gasteiger charge is -2.24. The van der Waals surface area contributed by atoms with Crippen molar-refractivity contribution in [1.82, 2.24) is 16.0 Å². The Labute approximate surface area is 216 Å². The van der Waals surface area contributed by atoms with E-state index in [2.05, 4.69) is 16.0 Å². The highest BCUT2D eigenvalue weighted by atomic mass is 16.4. The smallest absolute Gasteiger partial charge is 0.326 e. The average Bonchev–Trinajstić information content (AvgIpc) is 2.84. The molecule has 10 heteroatoms. The van der Waals surface area contributed by atoms with Gasteiger partial charge in [-0.2, -0.15) is 0 Å². The maximum atomic E-state index is 13.0. The summed E-state index contributed by atoms with van der Waals surface area (Å²) in [5.74, 6) is -2.83. The number of nitrogens with one attached hydrogen (secondary N) is 3. The van der Waals surface area contributed by atoms with Gasteiger partial charge in [0.2, 0.25) is 17.7 Å². The van der Waals surface area contributed by atoms with Crippen molar-refractivity contribution in [2.75, 3.05) is 0 Å². The molecule has 0 spiro atoms. The molecule has 3 amide bonds. The third kappa shape index (κ3) is 9.92. The molecule has 0 aromatic heterocycles. The number of phenols is 1. The van der Waals surface area contributed by atoms with Crippen LogP contribution < -0.4 is 21.7 Å². The first-order chi connectivity index (χ1) is 17.5. The summed E-state index contributed by atoms with van der Waals surface area (Å²) in [4.78, 5) is 50.1. The standard InChI is InChI=1S/C27H36N4O6/c1-16(2)13-23(27(36)37)31-26(35)22(15-18-7-5-4-6-8-18)30-24(33)17(3)29-25(34)21(28)14-19-9-11-20(32)12-10-19/h4-12,16-17,21-23,32H,13-15,28H2,1-3H3,(H,29,34)(H,30,33)(H,31,35)(H,36,37). The zero-order valence-corrected chi connectivity index (χ0v) is 21.3. The minimum Gasteiger partial charge on any atom is -0.508 e. The molecule has 0 aliphatic heterocycles. The van der Waals surface area contributed by atoms with E-state index in [1.165, 1.54) is 19.1 Å². The van der Waals surface area contributed by atoms with Crippen molar-refractivity contribution < 1.29 is 29.4 Å². The number of hydrogen-bond donors (Lipinski definition) is 6. The number of aromatic hydroxyl groups is 1. The molecule has 200 valence electrons. The van der Waals surface area contributed by atoms with Gasteiger partial charge < -0.3 is 31.9 Å². The number of carboxylic acids is 1. The molecule has 2 aromatic rings. The van der Waals surface area contributed by atoms with E-state index in [0.717, 1.165) is 11.1 Å². The van der Waals surface area contributed by atoms with Gasteiger partial charge in [0.25, 0.3) is 0 Å². The molecule has 0 aliphatic rings. The van der Waals surface area contributed by atoms with Crippen LogP contribution in [0.25, 0.3) is 0 Å². The Morgan fingerprint density at radius 2 is 1.32 bits per heavy atom. The van der Waals surface area contributed by atoms with Gasteiger partial charge in [-0.25, -0.2) is 4.79 Å². The van der Waals surface area contributed by atoms with Crippen LogP contribution in [-0.4, -0.2) is 58.1 Å². The highest BCUT2D eigenvalue weighted by molar-refractivity contribution is 5.94. The first-order valence-corrected chi connectivity index (χ1v) is 12.2. The second-order valence-corrected chi connectivity index (χ2v) is 9.49. The zero-order chi connectivity index (χ0) is 27.5. The summed E-state index contributed by atoms with van der Waals surface area (Å²) < 4.78 is 0. The van der Waals surface area contributed by atoms with Gasteiger partial charge in [-0.15, -0.1) is 0 Å². The van der Waals surface area contributed by atoms with Crippen LogP contribution in [0.1, 0.15) is 38.3 Å². The van der Waals surface area contributed by atoms with E-state index in [1.54, 1.807) is 36.4 Å². The second-order valence-electron chi connectivity index (χ2n) is 9.49. The van der Waals surface area contributed by atoms with Crippen molar-refractivity contribution >= 4 is 23.7 Å². The summed E-state index contributed by atoms with van der Waals surface area (Å²) in [7, 11) is 0. The fraction of sp³-hybridized carbons (Fsp3) is 0.407. The van der Waals surface area contributed by atoms with E-state index < -0.39 is 47.9 Å². The first kappa shape index (κ1) is 29.3. The van der Waals surface area contributed by atoms with Crippen molar-refractivity contribution in [2.24, 2.45) is 11.7 Å². The molecule has 37 heavy (non-hydrogen) atoms. The summed E-state index contributed by atoms with van der Waals surface area (Å²) in [5.41, 5.74) is 7.50. The summed E-state index contributed by atoms with van der Waals surface area (Å²) in [6.45, 7) is 5.17. The molecule has 0 aliphatic carbocycles. The van der Waals surface area contributed by atoms with E-state index in [0.29, 0.717) is 0 Å². The number of rotatable bonds is 13. The number of benzene rings is 2. The molecule has 10 nitrogen and oxygen atoms in total. The molecule has 0 radical (unpaired) electrons. The van der Waals surface area contributed by atoms with Crippen LogP contribution in [0.4, 0.5) is 0 Å². The summed E-state index contributed by atoms with van der Waals surface area (Å²) in [5, 5.41) is 26.6. The highest BCUT2D eigenvalue weighted by Crippen LogP contribution is 2.11. The van der Waals surface area contributed by atoms with Gasteiger partial charge in [-0.05, 0) is 48.9 Å². The molecule has 7 N–H and O–H groups in total. The van der Waals surface area contributed by atoms with Crippen LogP contribution in [0.3, 0.4) is 0 Å². The average molecular weight is 513 g/mol. The van der Waals surface area contributed by atoms with Gasteiger partial charge in [0.1, 0.15) is 23.9 Å². The topological polar surface area (TPSA) is 171 Å². The Morgan fingerprint density at radius 1 is 0.757 bits per heavy atom. The van der Waals surface area contributed by atoms with Crippen molar-refractivity contribution in [2.45, 2.75) is 64.2 Å². The van der Waals surface area contributed by atoms with Crippen molar-refractivity contribution in [1.29, 1.82) is 0 Å². The molecule has 4 unspecified atom stereocenters. The van der Waals surface area contributed by atoms with Gasteiger partial charge in [0, 0.05) is 6.42 Å². The first-order valence-electron chi connectivity index (χ1n) is 12.2. The fourth-order valence-electron chi connectivity index (χ4n) is 3.69. The Hall–Kier alpha value is -3.92. The monoisotopic (exact) mass is 512 g/mol.